The van der Waals surface area contributed by atoms with Gasteiger partial charge in [0.25, 0.3) is 0 Å². The fourth-order valence-corrected chi connectivity index (χ4v) is 1.38. The van der Waals surface area contributed by atoms with Crippen LogP contribution in [-0.4, -0.2) is 35.6 Å². The molecule has 0 radical (unpaired) electrons. The first kappa shape index (κ1) is 15.2. The van der Waals surface area contributed by atoms with Gasteiger partial charge in [0.05, 0.1) is 13.2 Å². The molecule has 0 aliphatic heterocycles. The molecule has 6 nitrogen and oxygen atoms in total. The van der Waals surface area contributed by atoms with Crippen LogP contribution in [0.4, 0.5) is 5.95 Å². The molecule has 2 N–H and O–H groups in total. The molecule has 1 heterocycles. The van der Waals surface area contributed by atoms with E-state index in [2.05, 4.69) is 20.6 Å². The Labute approximate surface area is 114 Å². The molecule has 0 fully saturated rings. The molecule has 1 amide bonds. The summed E-state index contributed by atoms with van der Waals surface area (Å²) < 4.78 is 5.32. The van der Waals surface area contributed by atoms with Gasteiger partial charge in [0.1, 0.15) is 0 Å². The molecule has 0 aliphatic carbocycles. The molecule has 1 aromatic heterocycles. The van der Waals surface area contributed by atoms with Gasteiger partial charge in [-0.3, -0.25) is 4.79 Å². The molecular weight excluding hydrogens is 244 g/mol. The number of ether oxygens (including phenoxy) is 1. The number of hydrogen-bond donors (Lipinski definition) is 2. The molecule has 0 saturated carbocycles. The first-order valence-corrected chi connectivity index (χ1v) is 6.50. The van der Waals surface area contributed by atoms with Gasteiger partial charge in [0, 0.05) is 18.3 Å². The number of aromatic nitrogens is 2. The third-order valence-corrected chi connectivity index (χ3v) is 2.24. The van der Waals surface area contributed by atoms with Crippen LogP contribution in [0.1, 0.15) is 26.5 Å². The van der Waals surface area contributed by atoms with Crippen molar-refractivity contribution in [2.75, 3.05) is 25.0 Å². The van der Waals surface area contributed by atoms with Gasteiger partial charge in [-0.2, -0.15) is 4.98 Å². The van der Waals surface area contributed by atoms with Crippen LogP contribution in [0.25, 0.3) is 0 Å². The van der Waals surface area contributed by atoms with Crippen molar-refractivity contribution in [3.63, 3.8) is 0 Å². The largest absolute Gasteiger partial charge is 0.478 e. The minimum absolute atomic E-state index is 0.0724. The summed E-state index contributed by atoms with van der Waals surface area (Å²) in [6.07, 6.45) is 0. The Bertz CT molecular complexity index is 421. The number of anilines is 1. The predicted octanol–water partition coefficient (Wildman–Crippen LogP) is 1.37. The van der Waals surface area contributed by atoms with E-state index in [9.17, 15) is 4.79 Å². The first-order chi connectivity index (χ1) is 9.01. The van der Waals surface area contributed by atoms with Crippen molar-refractivity contribution < 1.29 is 9.53 Å². The Balaban J connectivity index is 2.50. The SMILES string of the molecule is CCOc1cc(C)nc(NCC(=O)NCC(C)C)n1. The second kappa shape index (κ2) is 7.56. The van der Waals surface area contributed by atoms with Crippen LogP contribution in [-0.2, 0) is 4.79 Å². The first-order valence-electron chi connectivity index (χ1n) is 6.50. The standard InChI is InChI=1S/C13H22N4O2/c1-5-19-12-6-10(4)16-13(17-12)15-8-11(18)14-7-9(2)3/h6,9H,5,7-8H2,1-4H3,(H,14,18)(H,15,16,17). The van der Waals surface area contributed by atoms with Crippen molar-refractivity contribution in [1.29, 1.82) is 0 Å². The molecule has 0 unspecified atom stereocenters. The number of amides is 1. The van der Waals surface area contributed by atoms with Crippen molar-refractivity contribution in [3.8, 4) is 5.88 Å². The van der Waals surface area contributed by atoms with E-state index in [1.54, 1.807) is 6.07 Å². The Morgan fingerprint density at radius 1 is 1.42 bits per heavy atom. The Kier molecular flexibility index (Phi) is 6.05. The third kappa shape index (κ3) is 6.03. The Morgan fingerprint density at radius 3 is 2.79 bits per heavy atom. The molecule has 1 rings (SSSR count). The van der Waals surface area contributed by atoms with E-state index in [1.165, 1.54) is 0 Å². The highest BCUT2D eigenvalue weighted by Crippen LogP contribution is 2.11. The van der Waals surface area contributed by atoms with Crippen molar-refractivity contribution in [2.24, 2.45) is 5.92 Å². The molecular formula is C13H22N4O2. The summed E-state index contributed by atoms with van der Waals surface area (Å²) in [5.74, 6) is 1.28. The number of carbonyl (C=O) groups is 1. The van der Waals surface area contributed by atoms with Crippen molar-refractivity contribution >= 4 is 11.9 Å². The van der Waals surface area contributed by atoms with E-state index in [1.807, 2.05) is 27.7 Å². The van der Waals surface area contributed by atoms with Crippen molar-refractivity contribution in [3.05, 3.63) is 11.8 Å². The zero-order chi connectivity index (χ0) is 14.3. The summed E-state index contributed by atoms with van der Waals surface area (Å²) in [6, 6.07) is 1.76. The summed E-state index contributed by atoms with van der Waals surface area (Å²) in [5, 5.41) is 5.71. The van der Waals surface area contributed by atoms with Gasteiger partial charge in [0.15, 0.2) is 0 Å². The van der Waals surface area contributed by atoms with Crippen molar-refractivity contribution in [2.45, 2.75) is 27.7 Å². The highest BCUT2D eigenvalue weighted by atomic mass is 16.5. The van der Waals surface area contributed by atoms with Crippen LogP contribution in [0.15, 0.2) is 6.07 Å². The number of rotatable bonds is 7. The highest BCUT2D eigenvalue weighted by Gasteiger charge is 2.06. The summed E-state index contributed by atoms with van der Waals surface area (Å²) in [5.41, 5.74) is 0.795. The number of aryl methyl sites for hydroxylation is 1. The fourth-order valence-electron chi connectivity index (χ4n) is 1.38. The lowest BCUT2D eigenvalue weighted by Gasteiger charge is -2.10. The fraction of sp³-hybridized carbons (Fsp3) is 0.615. The van der Waals surface area contributed by atoms with Crippen molar-refractivity contribution in [1.82, 2.24) is 15.3 Å². The van der Waals surface area contributed by atoms with Gasteiger partial charge in [-0.05, 0) is 19.8 Å². The topological polar surface area (TPSA) is 76.1 Å². The quantitative estimate of drug-likeness (QED) is 0.779. The highest BCUT2D eigenvalue weighted by molar-refractivity contribution is 5.80. The van der Waals surface area contributed by atoms with Gasteiger partial charge in [-0.25, -0.2) is 4.98 Å². The molecule has 0 aliphatic rings. The summed E-state index contributed by atoms with van der Waals surface area (Å²) >= 11 is 0. The van der Waals surface area contributed by atoms with E-state index in [0.717, 1.165) is 5.69 Å². The van der Waals surface area contributed by atoms with Crippen LogP contribution in [0, 0.1) is 12.8 Å². The lowest BCUT2D eigenvalue weighted by molar-refractivity contribution is -0.119. The van der Waals surface area contributed by atoms with Crippen LogP contribution >= 0.6 is 0 Å². The molecule has 1 aromatic rings. The molecule has 6 heteroatoms. The lowest BCUT2D eigenvalue weighted by Crippen LogP contribution is -2.32. The normalized spacial score (nSPS) is 10.4. The van der Waals surface area contributed by atoms with Crippen LogP contribution in [0.2, 0.25) is 0 Å². The maximum Gasteiger partial charge on any atom is 0.239 e. The van der Waals surface area contributed by atoms with E-state index in [4.69, 9.17) is 4.74 Å². The van der Waals surface area contributed by atoms with Crippen LogP contribution in [0.5, 0.6) is 5.88 Å². The number of nitrogens with one attached hydrogen (secondary N) is 2. The van der Waals surface area contributed by atoms with Crippen LogP contribution in [0.3, 0.4) is 0 Å². The van der Waals surface area contributed by atoms with E-state index in [-0.39, 0.29) is 12.5 Å². The summed E-state index contributed by atoms with van der Waals surface area (Å²) in [6.45, 7) is 9.21. The zero-order valence-corrected chi connectivity index (χ0v) is 12.0. The van der Waals surface area contributed by atoms with E-state index >= 15 is 0 Å². The maximum absolute atomic E-state index is 11.6. The molecule has 19 heavy (non-hydrogen) atoms. The van der Waals surface area contributed by atoms with Gasteiger partial charge in [-0.15, -0.1) is 0 Å². The average molecular weight is 266 g/mol. The molecule has 106 valence electrons. The Morgan fingerprint density at radius 2 is 2.16 bits per heavy atom. The minimum atomic E-state index is -0.0724. The third-order valence-electron chi connectivity index (χ3n) is 2.24. The molecule has 0 atom stereocenters. The smallest absolute Gasteiger partial charge is 0.239 e. The molecule has 0 bridgehead atoms. The average Bonchev–Trinajstić information content (AvgIpc) is 2.33. The number of carbonyl (C=O) groups excluding carboxylic acids is 1. The molecule has 0 aromatic carbocycles. The second-order valence-corrected chi connectivity index (χ2v) is 4.66. The van der Waals surface area contributed by atoms with Gasteiger partial charge >= 0.3 is 0 Å². The lowest BCUT2D eigenvalue weighted by atomic mass is 10.2. The summed E-state index contributed by atoms with van der Waals surface area (Å²) in [4.78, 5) is 19.9. The second-order valence-electron chi connectivity index (χ2n) is 4.66. The number of hydrogen-bond acceptors (Lipinski definition) is 5. The summed E-state index contributed by atoms with van der Waals surface area (Å²) in [7, 11) is 0. The van der Waals surface area contributed by atoms with E-state index < -0.39 is 0 Å². The maximum atomic E-state index is 11.6. The zero-order valence-electron chi connectivity index (χ0n) is 12.0. The molecule has 0 spiro atoms. The monoisotopic (exact) mass is 266 g/mol. The van der Waals surface area contributed by atoms with Gasteiger partial charge in [0.2, 0.25) is 17.7 Å². The minimum Gasteiger partial charge on any atom is -0.478 e. The van der Waals surface area contributed by atoms with Gasteiger partial charge in [-0.1, -0.05) is 13.8 Å². The number of nitrogens with zero attached hydrogens (tertiary/aromatic N) is 2. The van der Waals surface area contributed by atoms with Gasteiger partial charge < -0.3 is 15.4 Å². The predicted molar refractivity (Wildman–Crippen MR) is 74.3 cm³/mol. The molecule has 0 saturated heterocycles. The van der Waals surface area contributed by atoms with E-state index in [0.29, 0.717) is 30.9 Å². The Hall–Kier alpha value is -1.85. The van der Waals surface area contributed by atoms with Crippen LogP contribution < -0.4 is 15.4 Å².